The van der Waals surface area contributed by atoms with E-state index in [1.807, 2.05) is 13.8 Å². The van der Waals surface area contributed by atoms with Gasteiger partial charge in [-0.3, -0.25) is 19.7 Å². The number of ketones is 1. The van der Waals surface area contributed by atoms with Crippen LogP contribution in [-0.4, -0.2) is 27.6 Å². The van der Waals surface area contributed by atoms with Gasteiger partial charge in [0.25, 0.3) is 11.6 Å². The highest BCUT2D eigenvalue weighted by Gasteiger charge is 2.44. The number of H-pyrrole nitrogens is 1. The number of aromatic nitrogens is 1. The van der Waals surface area contributed by atoms with Crippen LogP contribution in [0.3, 0.4) is 0 Å². The van der Waals surface area contributed by atoms with Gasteiger partial charge >= 0.3 is 0 Å². The SMILES string of the molecule is Cc1cc(C([O-])=C2C(=O)C(=O)N(Cc3ccc[nH+]c3)C2c2cccc([N+](=O)[O-])c2)ccc1OC(C)C. The number of rotatable bonds is 7. The normalized spacial score (nSPS) is 17.0. The molecule has 9 nitrogen and oxygen atoms in total. The molecule has 36 heavy (non-hydrogen) atoms. The van der Waals surface area contributed by atoms with Crippen molar-refractivity contribution < 1.29 is 29.3 Å². The van der Waals surface area contributed by atoms with Gasteiger partial charge in [0.15, 0.2) is 12.4 Å². The number of ether oxygens (including phenoxy) is 1. The molecule has 1 fully saturated rings. The van der Waals surface area contributed by atoms with Crippen molar-refractivity contribution in [1.82, 2.24) is 4.90 Å². The first-order valence-electron chi connectivity index (χ1n) is 11.4. The standard InChI is InChI=1S/C27H25N3O6/c1-16(2)36-22-10-9-20(12-17(22)3)25(31)23-24(19-7-4-8-21(13-19)30(34)35)29(27(33)26(23)32)15-18-6-5-11-28-14-18/h4-14,16,24,31H,15H2,1-3H3. The minimum atomic E-state index is -1.08. The Morgan fingerprint density at radius 2 is 1.92 bits per heavy atom. The Kier molecular flexibility index (Phi) is 6.82. The topological polar surface area (TPSA) is 127 Å². The van der Waals surface area contributed by atoms with Crippen LogP contribution < -0.4 is 14.8 Å². The van der Waals surface area contributed by atoms with Crippen molar-refractivity contribution in [1.29, 1.82) is 0 Å². The number of aromatic amines is 1. The molecule has 1 aromatic heterocycles. The number of benzene rings is 2. The Bertz CT molecular complexity index is 1370. The van der Waals surface area contributed by atoms with Gasteiger partial charge in [-0.05, 0) is 55.7 Å². The van der Waals surface area contributed by atoms with Gasteiger partial charge in [0, 0.05) is 29.3 Å². The number of likely N-dealkylation sites (tertiary alicyclic amines) is 1. The van der Waals surface area contributed by atoms with Crippen LogP contribution in [0.2, 0.25) is 0 Å². The molecule has 1 aliphatic heterocycles. The van der Waals surface area contributed by atoms with Crippen LogP contribution >= 0.6 is 0 Å². The van der Waals surface area contributed by atoms with Crippen LogP contribution in [0.15, 0.2) is 72.6 Å². The van der Waals surface area contributed by atoms with E-state index >= 15 is 0 Å². The summed E-state index contributed by atoms with van der Waals surface area (Å²) in [6.45, 7) is 5.60. The monoisotopic (exact) mass is 487 g/mol. The molecule has 0 bridgehead atoms. The molecule has 1 aliphatic rings. The lowest BCUT2D eigenvalue weighted by atomic mass is 9.94. The number of aryl methyl sites for hydroxylation is 1. The van der Waals surface area contributed by atoms with Gasteiger partial charge in [-0.1, -0.05) is 24.0 Å². The molecule has 1 saturated heterocycles. The molecule has 0 saturated carbocycles. The Hall–Kier alpha value is -4.53. The Labute approximate surface area is 207 Å². The van der Waals surface area contributed by atoms with Crippen molar-refractivity contribution >= 4 is 23.1 Å². The summed E-state index contributed by atoms with van der Waals surface area (Å²) in [6.07, 6.45) is 3.32. The molecular weight excluding hydrogens is 462 g/mol. The molecule has 0 aliphatic carbocycles. The third-order valence-electron chi connectivity index (χ3n) is 5.85. The fourth-order valence-corrected chi connectivity index (χ4v) is 4.25. The summed E-state index contributed by atoms with van der Waals surface area (Å²) >= 11 is 0. The van der Waals surface area contributed by atoms with Crippen LogP contribution in [-0.2, 0) is 16.1 Å². The molecule has 0 spiro atoms. The number of hydrogen-bond acceptors (Lipinski definition) is 6. The number of carbonyl (C=O) groups excluding carboxylic acids is 2. The second kappa shape index (κ2) is 9.99. The predicted octanol–water partition coefficient (Wildman–Crippen LogP) is 2.93. The van der Waals surface area contributed by atoms with Crippen molar-refractivity contribution in [2.45, 2.75) is 39.5 Å². The van der Waals surface area contributed by atoms with E-state index in [4.69, 9.17) is 4.74 Å². The number of hydrogen-bond donors (Lipinski definition) is 0. The molecule has 2 aromatic carbocycles. The Morgan fingerprint density at radius 1 is 1.14 bits per heavy atom. The highest BCUT2D eigenvalue weighted by molar-refractivity contribution is 6.46. The number of nitrogens with one attached hydrogen (secondary N) is 1. The van der Waals surface area contributed by atoms with E-state index in [2.05, 4.69) is 4.98 Å². The van der Waals surface area contributed by atoms with E-state index in [1.54, 1.807) is 55.7 Å². The summed E-state index contributed by atoms with van der Waals surface area (Å²) in [4.78, 5) is 41.4. The van der Waals surface area contributed by atoms with E-state index < -0.39 is 28.4 Å². The third kappa shape index (κ3) is 4.81. The first-order valence-corrected chi connectivity index (χ1v) is 11.4. The Balaban J connectivity index is 1.86. The zero-order chi connectivity index (χ0) is 26.0. The summed E-state index contributed by atoms with van der Waals surface area (Å²) in [6, 6.07) is 12.9. The van der Waals surface area contributed by atoms with E-state index in [9.17, 15) is 24.8 Å². The molecule has 0 radical (unpaired) electrons. The molecule has 184 valence electrons. The molecule has 3 aromatic rings. The lowest BCUT2D eigenvalue weighted by molar-refractivity contribution is -0.385. The average molecular weight is 488 g/mol. The first kappa shape index (κ1) is 24.6. The van der Waals surface area contributed by atoms with Gasteiger partial charge in [-0.2, -0.15) is 0 Å². The first-order chi connectivity index (χ1) is 17.2. The lowest BCUT2D eigenvalue weighted by Crippen LogP contribution is -2.29. The summed E-state index contributed by atoms with van der Waals surface area (Å²) in [5.74, 6) is -1.75. The maximum absolute atomic E-state index is 13.7. The zero-order valence-corrected chi connectivity index (χ0v) is 20.1. The number of carbonyl (C=O) groups is 2. The maximum atomic E-state index is 13.7. The molecule has 1 N–H and O–H groups in total. The zero-order valence-electron chi connectivity index (χ0n) is 20.1. The van der Waals surface area contributed by atoms with Crippen LogP contribution in [0.1, 0.15) is 42.1 Å². The van der Waals surface area contributed by atoms with Gasteiger partial charge in [-0.25, -0.2) is 4.98 Å². The smallest absolute Gasteiger partial charge is 0.295 e. The Morgan fingerprint density at radius 3 is 2.56 bits per heavy atom. The number of nitrogens with zero attached hydrogens (tertiary/aromatic N) is 2. The van der Waals surface area contributed by atoms with Crippen molar-refractivity contribution in [2.75, 3.05) is 0 Å². The fraction of sp³-hybridized carbons (Fsp3) is 0.222. The van der Waals surface area contributed by atoms with Crippen LogP contribution in [0.5, 0.6) is 5.75 Å². The van der Waals surface area contributed by atoms with Gasteiger partial charge in [0.2, 0.25) is 5.78 Å². The molecule has 9 heteroatoms. The largest absolute Gasteiger partial charge is 0.872 e. The lowest BCUT2D eigenvalue weighted by Gasteiger charge is -2.27. The molecule has 4 rings (SSSR count). The summed E-state index contributed by atoms with van der Waals surface area (Å²) < 4.78 is 5.74. The predicted molar refractivity (Wildman–Crippen MR) is 128 cm³/mol. The minimum Gasteiger partial charge on any atom is -0.872 e. The van der Waals surface area contributed by atoms with Crippen molar-refractivity contribution in [3.05, 3.63) is 105 Å². The van der Waals surface area contributed by atoms with E-state index in [0.717, 1.165) is 0 Å². The maximum Gasteiger partial charge on any atom is 0.295 e. The van der Waals surface area contributed by atoms with Crippen molar-refractivity contribution in [3.63, 3.8) is 0 Å². The van der Waals surface area contributed by atoms with E-state index in [1.165, 1.54) is 23.1 Å². The third-order valence-corrected chi connectivity index (χ3v) is 5.85. The number of nitro benzene ring substituents is 1. The minimum absolute atomic E-state index is 0.0340. The van der Waals surface area contributed by atoms with Gasteiger partial charge in [0.05, 0.1) is 23.6 Å². The van der Waals surface area contributed by atoms with Crippen LogP contribution in [0.4, 0.5) is 5.69 Å². The van der Waals surface area contributed by atoms with Crippen LogP contribution in [0.25, 0.3) is 5.76 Å². The van der Waals surface area contributed by atoms with Gasteiger partial charge in [0.1, 0.15) is 5.75 Å². The molecule has 1 amide bonds. The molecule has 1 unspecified atom stereocenters. The van der Waals surface area contributed by atoms with Crippen LogP contribution in [0, 0.1) is 17.0 Å². The second-order valence-corrected chi connectivity index (χ2v) is 8.82. The second-order valence-electron chi connectivity index (χ2n) is 8.82. The average Bonchev–Trinajstić information content (AvgIpc) is 3.10. The highest BCUT2D eigenvalue weighted by Crippen LogP contribution is 2.40. The quantitative estimate of drug-likeness (QED) is 0.166. The summed E-state index contributed by atoms with van der Waals surface area (Å²) in [5.41, 5.74) is 1.50. The fourth-order valence-electron chi connectivity index (χ4n) is 4.25. The number of pyridine rings is 1. The number of non-ortho nitro benzene ring substituents is 1. The number of Topliss-reactive ketones (excluding diaryl/α,β-unsaturated/α-hetero) is 1. The summed E-state index contributed by atoms with van der Waals surface area (Å²) in [5, 5.41) is 25.1. The van der Waals surface area contributed by atoms with Crippen molar-refractivity contribution in [3.8, 4) is 5.75 Å². The number of nitro groups is 1. The highest BCUT2D eigenvalue weighted by atomic mass is 16.6. The van der Waals surface area contributed by atoms with E-state index in [-0.39, 0.29) is 29.5 Å². The van der Waals surface area contributed by atoms with E-state index in [0.29, 0.717) is 22.4 Å². The number of amides is 1. The summed E-state index contributed by atoms with van der Waals surface area (Å²) in [7, 11) is 0. The molecular formula is C27H25N3O6. The molecule has 1 atom stereocenters. The van der Waals surface area contributed by atoms with Gasteiger partial charge in [-0.15, -0.1) is 0 Å². The van der Waals surface area contributed by atoms with Crippen molar-refractivity contribution in [2.24, 2.45) is 0 Å². The van der Waals surface area contributed by atoms with Gasteiger partial charge < -0.3 is 14.7 Å². The molecule has 2 heterocycles.